The van der Waals surface area contributed by atoms with Crippen molar-refractivity contribution in [3.8, 4) is 0 Å². The Bertz CT molecular complexity index is 408. The molecule has 0 aliphatic carbocycles. The number of piperidine rings is 1. The van der Waals surface area contributed by atoms with E-state index in [0.717, 1.165) is 31.1 Å². The van der Waals surface area contributed by atoms with Gasteiger partial charge in [-0.1, -0.05) is 23.7 Å². The number of rotatable bonds is 7. The Labute approximate surface area is 133 Å². The van der Waals surface area contributed by atoms with Crippen molar-refractivity contribution in [2.45, 2.75) is 38.3 Å². The summed E-state index contributed by atoms with van der Waals surface area (Å²) in [5, 5.41) is 4.21. The van der Waals surface area contributed by atoms with Gasteiger partial charge < -0.3 is 15.0 Å². The fourth-order valence-corrected chi connectivity index (χ4v) is 3.20. The lowest BCUT2D eigenvalue weighted by molar-refractivity contribution is 0.00510. The maximum Gasteiger partial charge on any atom is 0.0702 e. The first-order valence-electron chi connectivity index (χ1n) is 7.99. The van der Waals surface area contributed by atoms with Gasteiger partial charge in [-0.05, 0) is 57.5 Å². The molecule has 0 radical (unpaired) electrons. The van der Waals surface area contributed by atoms with E-state index in [4.69, 9.17) is 16.3 Å². The Morgan fingerprint density at radius 1 is 1.38 bits per heavy atom. The summed E-state index contributed by atoms with van der Waals surface area (Å²) in [5.74, 6) is 0. The van der Waals surface area contributed by atoms with Crippen molar-refractivity contribution in [1.82, 2.24) is 10.2 Å². The second kappa shape index (κ2) is 8.74. The van der Waals surface area contributed by atoms with E-state index in [0.29, 0.717) is 12.1 Å². The van der Waals surface area contributed by atoms with E-state index in [1.165, 1.54) is 24.9 Å². The highest BCUT2D eigenvalue weighted by Crippen LogP contribution is 2.21. The van der Waals surface area contributed by atoms with E-state index in [1.54, 1.807) is 0 Å². The summed E-state index contributed by atoms with van der Waals surface area (Å²) in [6.45, 7) is 6.28. The van der Waals surface area contributed by atoms with Crippen molar-refractivity contribution < 1.29 is 4.74 Å². The molecule has 3 nitrogen and oxygen atoms in total. The highest BCUT2D eigenvalue weighted by molar-refractivity contribution is 6.30. The molecule has 0 amide bonds. The van der Waals surface area contributed by atoms with Crippen molar-refractivity contribution in [3.05, 3.63) is 34.9 Å². The maximum atomic E-state index is 5.96. The molecule has 1 fully saturated rings. The number of hydrogen-bond acceptors (Lipinski definition) is 3. The van der Waals surface area contributed by atoms with E-state index in [-0.39, 0.29) is 0 Å². The van der Waals surface area contributed by atoms with Crippen LogP contribution >= 0.6 is 11.6 Å². The zero-order valence-electron chi connectivity index (χ0n) is 13.1. The van der Waals surface area contributed by atoms with Crippen molar-refractivity contribution in [3.63, 3.8) is 0 Å². The third kappa shape index (κ3) is 5.26. The summed E-state index contributed by atoms with van der Waals surface area (Å²) in [4.78, 5) is 2.53. The Morgan fingerprint density at radius 3 is 2.81 bits per heavy atom. The molecular weight excluding hydrogens is 284 g/mol. The minimum absolute atomic E-state index is 0.384. The molecule has 1 saturated heterocycles. The number of likely N-dealkylation sites (tertiary alicyclic amines) is 1. The fraction of sp³-hybridized carbons (Fsp3) is 0.647. The molecule has 21 heavy (non-hydrogen) atoms. The molecule has 4 heteroatoms. The summed E-state index contributed by atoms with van der Waals surface area (Å²) < 4.78 is 5.77. The van der Waals surface area contributed by atoms with Gasteiger partial charge in [0.15, 0.2) is 0 Å². The highest BCUT2D eigenvalue weighted by Gasteiger charge is 2.20. The molecule has 2 rings (SSSR count). The molecular formula is C17H27ClN2O. The Hall–Kier alpha value is -0.610. The third-order valence-corrected chi connectivity index (χ3v) is 4.47. The minimum atomic E-state index is 0.384. The lowest BCUT2D eigenvalue weighted by Gasteiger charge is -2.33. The normalized spacial score (nSPS) is 21.4. The summed E-state index contributed by atoms with van der Waals surface area (Å²) in [5.41, 5.74) is 1.31. The molecule has 118 valence electrons. The SMILES string of the molecule is CCOC1CCCN(CCC(NC)c2ccc(Cl)cc2)C1. The van der Waals surface area contributed by atoms with Gasteiger partial charge in [0, 0.05) is 30.8 Å². The van der Waals surface area contributed by atoms with Crippen LogP contribution in [0.4, 0.5) is 0 Å². The molecule has 1 N–H and O–H groups in total. The summed E-state index contributed by atoms with van der Waals surface area (Å²) in [6, 6.07) is 8.54. The van der Waals surface area contributed by atoms with Gasteiger partial charge in [0.1, 0.15) is 0 Å². The van der Waals surface area contributed by atoms with Gasteiger partial charge >= 0.3 is 0 Å². The van der Waals surface area contributed by atoms with Crippen LogP contribution in [-0.4, -0.2) is 44.3 Å². The van der Waals surface area contributed by atoms with E-state index in [1.807, 2.05) is 19.2 Å². The second-order valence-corrected chi connectivity index (χ2v) is 6.14. The van der Waals surface area contributed by atoms with Crippen molar-refractivity contribution >= 4 is 11.6 Å². The average molecular weight is 311 g/mol. The number of nitrogens with one attached hydrogen (secondary N) is 1. The minimum Gasteiger partial charge on any atom is -0.377 e. The van der Waals surface area contributed by atoms with Gasteiger partial charge in [-0.2, -0.15) is 0 Å². The van der Waals surface area contributed by atoms with Crippen LogP contribution in [0.5, 0.6) is 0 Å². The lowest BCUT2D eigenvalue weighted by Crippen LogP contribution is -2.41. The van der Waals surface area contributed by atoms with Gasteiger partial charge in [-0.3, -0.25) is 0 Å². The Morgan fingerprint density at radius 2 is 2.14 bits per heavy atom. The number of benzene rings is 1. The maximum absolute atomic E-state index is 5.96. The van der Waals surface area contributed by atoms with Crippen molar-refractivity contribution in [1.29, 1.82) is 0 Å². The van der Waals surface area contributed by atoms with E-state index < -0.39 is 0 Å². The average Bonchev–Trinajstić information content (AvgIpc) is 2.50. The van der Waals surface area contributed by atoms with Crippen LogP contribution in [-0.2, 0) is 4.74 Å². The quantitative estimate of drug-likeness (QED) is 0.834. The van der Waals surface area contributed by atoms with Gasteiger partial charge in [-0.25, -0.2) is 0 Å². The number of hydrogen-bond donors (Lipinski definition) is 1. The molecule has 0 bridgehead atoms. The molecule has 1 aromatic carbocycles. The van der Waals surface area contributed by atoms with Crippen LogP contribution in [0.25, 0.3) is 0 Å². The zero-order valence-corrected chi connectivity index (χ0v) is 13.9. The number of nitrogens with zero attached hydrogens (tertiary/aromatic N) is 1. The van der Waals surface area contributed by atoms with Gasteiger partial charge in [0.05, 0.1) is 6.10 Å². The first-order valence-corrected chi connectivity index (χ1v) is 8.37. The smallest absolute Gasteiger partial charge is 0.0702 e. The highest BCUT2D eigenvalue weighted by atomic mass is 35.5. The fourth-order valence-electron chi connectivity index (χ4n) is 3.07. The topological polar surface area (TPSA) is 24.5 Å². The van der Waals surface area contributed by atoms with E-state index >= 15 is 0 Å². The van der Waals surface area contributed by atoms with Crippen LogP contribution in [0.3, 0.4) is 0 Å². The third-order valence-electron chi connectivity index (χ3n) is 4.22. The van der Waals surface area contributed by atoms with Gasteiger partial charge in [0.25, 0.3) is 0 Å². The van der Waals surface area contributed by atoms with Crippen molar-refractivity contribution in [2.75, 3.05) is 33.3 Å². The summed E-state index contributed by atoms with van der Waals surface area (Å²) in [6.07, 6.45) is 3.98. The molecule has 1 aliphatic rings. The largest absolute Gasteiger partial charge is 0.377 e. The first-order chi connectivity index (χ1) is 10.2. The lowest BCUT2D eigenvalue weighted by atomic mass is 10.0. The molecule has 1 heterocycles. The van der Waals surface area contributed by atoms with Gasteiger partial charge in [0.2, 0.25) is 0 Å². The molecule has 0 aromatic heterocycles. The van der Waals surface area contributed by atoms with Crippen LogP contribution in [0.2, 0.25) is 5.02 Å². The van der Waals surface area contributed by atoms with Crippen LogP contribution in [0.15, 0.2) is 24.3 Å². The zero-order chi connectivity index (χ0) is 15.1. The first kappa shape index (κ1) is 16.8. The molecule has 1 aromatic rings. The monoisotopic (exact) mass is 310 g/mol. The molecule has 1 aliphatic heterocycles. The van der Waals surface area contributed by atoms with Crippen LogP contribution in [0, 0.1) is 0 Å². The molecule has 0 saturated carbocycles. The van der Waals surface area contributed by atoms with Crippen LogP contribution < -0.4 is 5.32 Å². The number of halogens is 1. The Kier molecular flexibility index (Phi) is 6.97. The summed E-state index contributed by atoms with van der Waals surface area (Å²) >= 11 is 5.96. The van der Waals surface area contributed by atoms with Crippen LogP contribution in [0.1, 0.15) is 37.8 Å². The Balaban J connectivity index is 1.83. The predicted molar refractivity (Wildman–Crippen MR) is 89.0 cm³/mol. The standard InChI is InChI=1S/C17H27ClN2O/c1-3-21-16-5-4-11-20(13-16)12-10-17(19-2)14-6-8-15(18)9-7-14/h6-9,16-17,19H,3-5,10-13H2,1-2H3. The van der Waals surface area contributed by atoms with E-state index in [9.17, 15) is 0 Å². The summed E-state index contributed by atoms with van der Waals surface area (Å²) in [7, 11) is 2.03. The molecule has 2 atom stereocenters. The molecule has 0 spiro atoms. The second-order valence-electron chi connectivity index (χ2n) is 5.70. The predicted octanol–water partition coefficient (Wildman–Crippen LogP) is 3.49. The van der Waals surface area contributed by atoms with E-state index in [2.05, 4.69) is 29.3 Å². The van der Waals surface area contributed by atoms with Crippen molar-refractivity contribution in [2.24, 2.45) is 0 Å². The number of ether oxygens (including phenoxy) is 1. The molecule has 2 unspecified atom stereocenters. The van der Waals surface area contributed by atoms with Gasteiger partial charge in [-0.15, -0.1) is 0 Å².